The molecule has 3 heteroatoms. The molecule has 100 valence electrons. The van der Waals surface area contributed by atoms with E-state index in [4.69, 9.17) is 0 Å². The van der Waals surface area contributed by atoms with E-state index in [1.807, 2.05) is 25.1 Å². The second-order valence-corrected chi connectivity index (χ2v) is 5.89. The fourth-order valence-corrected chi connectivity index (χ4v) is 2.57. The molecule has 0 bridgehead atoms. The van der Waals surface area contributed by atoms with E-state index in [1.165, 1.54) is 5.69 Å². The van der Waals surface area contributed by atoms with Crippen molar-refractivity contribution in [2.24, 2.45) is 0 Å². The molecule has 0 spiro atoms. The van der Waals surface area contributed by atoms with Gasteiger partial charge in [0, 0.05) is 36.4 Å². The van der Waals surface area contributed by atoms with Crippen LogP contribution in [0, 0.1) is 0 Å². The molecule has 1 unspecified atom stereocenters. The van der Waals surface area contributed by atoms with E-state index in [9.17, 15) is 5.11 Å². The van der Waals surface area contributed by atoms with Crippen LogP contribution in [0.3, 0.4) is 0 Å². The molecule has 1 atom stereocenters. The molecule has 1 aromatic rings. The number of likely N-dealkylation sites (N-methyl/N-ethyl adjacent to an activating group) is 1. The molecule has 0 amide bonds. The van der Waals surface area contributed by atoms with Crippen LogP contribution in [0.15, 0.2) is 24.3 Å². The maximum absolute atomic E-state index is 9.88. The number of rotatable bonds is 2. The van der Waals surface area contributed by atoms with Gasteiger partial charge < -0.3 is 10.0 Å². The number of benzene rings is 1. The summed E-state index contributed by atoms with van der Waals surface area (Å²) in [5, 5.41) is 9.88. The van der Waals surface area contributed by atoms with E-state index < -0.39 is 6.10 Å². The number of anilines is 1. The minimum absolute atomic E-state index is 0.171. The van der Waals surface area contributed by atoms with Crippen LogP contribution in [0.25, 0.3) is 0 Å². The van der Waals surface area contributed by atoms with Crippen molar-refractivity contribution in [1.82, 2.24) is 4.90 Å². The van der Waals surface area contributed by atoms with Crippen molar-refractivity contribution < 1.29 is 5.11 Å². The second kappa shape index (κ2) is 4.90. The standard InChI is InChI=1S/C15H24N2O/c1-12(18)13-7-5-6-8-14(13)17-10-9-16(4)15(2,3)11-17/h5-8,12,18H,9-11H2,1-4H3. The molecule has 0 saturated carbocycles. The lowest BCUT2D eigenvalue weighted by molar-refractivity contribution is 0.138. The third kappa shape index (κ3) is 2.52. The van der Waals surface area contributed by atoms with Crippen molar-refractivity contribution >= 4 is 5.69 Å². The maximum atomic E-state index is 9.88. The highest BCUT2D eigenvalue weighted by molar-refractivity contribution is 5.55. The van der Waals surface area contributed by atoms with Crippen molar-refractivity contribution in [3.63, 3.8) is 0 Å². The van der Waals surface area contributed by atoms with Crippen LogP contribution < -0.4 is 4.90 Å². The van der Waals surface area contributed by atoms with Gasteiger partial charge in [-0.05, 0) is 33.9 Å². The number of nitrogens with zero attached hydrogens (tertiary/aromatic N) is 2. The van der Waals surface area contributed by atoms with Crippen LogP contribution in [0.1, 0.15) is 32.4 Å². The first-order valence-electron chi connectivity index (χ1n) is 6.65. The molecular weight excluding hydrogens is 224 g/mol. The summed E-state index contributed by atoms with van der Waals surface area (Å²) in [7, 11) is 2.18. The molecule has 18 heavy (non-hydrogen) atoms. The Labute approximate surface area is 110 Å². The molecule has 0 aliphatic carbocycles. The molecule has 0 aromatic heterocycles. The Kier molecular flexibility index (Phi) is 3.64. The van der Waals surface area contributed by atoms with Gasteiger partial charge in [0.05, 0.1) is 6.10 Å². The van der Waals surface area contributed by atoms with Crippen molar-refractivity contribution in [1.29, 1.82) is 0 Å². The first kappa shape index (κ1) is 13.4. The Hall–Kier alpha value is -1.06. The summed E-state index contributed by atoms with van der Waals surface area (Å²) in [5.74, 6) is 0. The Morgan fingerprint density at radius 3 is 2.50 bits per heavy atom. The summed E-state index contributed by atoms with van der Waals surface area (Å²) in [6.45, 7) is 9.44. The number of para-hydroxylation sites is 1. The average Bonchev–Trinajstić information content (AvgIpc) is 2.32. The van der Waals surface area contributed by atoms with Gasteiger partial charge in [-0.15, -0.1) is 0 Å². The van der Waals surface area contributed by atoms with Crippen LogP contribution in [-0.4, -0.2) is 42.2 Å². The van der Waals surface area contributed by atoms with Gasteiger partial charge in [-0.25, -0.2) is 0 Å². The van der Waals surface area contributed by atoms with Gasteiger partial charge in [-0.1, -0.05) is 18.2 Å². The molecule has 1 aliphatic heterocycles. The van der Waals surface area contributed by atoms with Crippen molar-refractivity contribution in [2.45, 2.75) is 32.4 Å². The SMILES string of the molecule is CC(O)c1ccccc1N1CCN(C)C(C)(C)C1. The Morgan fingerprint density at radius 2 is 1.89 bits per heavy atom. The molecule has 1 heterocycles. The first-order valence-corrected chi connectivity index (χ1v) is 6.65. The van der Waals surface area contributed by atoms with Crippen molar-refractivity contribution in [2.75, 3.05) is 31.6 Å². The third-order valence-electron chi connectivity index (χ3n) is 4.04. The molecule has 3 nitrogen and oxygen atoms in total. The lowest BCUT2D eigenvalue weighted by Crippen LogP contribution is -2.57. The van der Waals surface area contributed by atoms with Gasteiger partial charge in [-0.2, -0.15) is 0 Å². The quantitative estimate of drug-likeness (QED) is 0.870. The lowest BCUT2D eigenvalue weighted by Gasteiger charge is -2.46. The lowest BCUT2D eigenvalue weighted by atomic mass is 9.98. The molecule has 1 aliphatic rings. The van der Waals surface area contributed by atoms with E-state index in [0.29, 0.717) is 0 Å². The van der Waals surface area contributed by atoms with E-state index >= 15 is 0 Å². The Morgan fingerprint density at radius 1 is 1.22 bits per heavy atom. The van der Waals surface area contributed by atoms with Gasteiger partial charge in [0.25, 0.3) is 0 Å². The Balaban J connectivity index is 2.27. The Bertz CT molecular complexity index is 415. The largest absolute Gasteiger partial charge is 0.389 e. The van der Waals surface area contributed by atoms with Crippen LogP contribution in [0.4, 0.5) is 5.69 Å². The summed E-state index contributed by atoms with van der Waals surface area (Å²) in [4.78, 5) is 4.79. The number of aliphatic hydroxyl groups excluding tert-OH is 1. The molecular formula is C15H24N2O. The van der Waals surface area contributed by atoms with Gasteiger partial charge in [0.15, 0.2) is 0 Å². The fourth-order valence-electron chi connectivity index (χ4n) is 2.57. The summed E-state index contributed by atoms with van der Waals surface area (Å²) in [5.41, 5.74) is 2.37. The highest BCUT2D eigenvalue weighted by Gasteiger charge is 2.31. The summed E-state index contributed by atoms with van der Waals surface area (Å²) < 4.78 is 0. The number of hydrogen-bond acceptors (Lipinski definition) is 3. The van der Waals surface area contributed by atoms with E-state index in [2.05, 4.69) is 36.8 Å². The molecule has 1 aromatic carbocycles. The molecule has 1 saturated heterocycles. The van der Waals surface area contributed by atoms with Crippen LogP contribution in [0.2, 0.25) is 0 Å². The number of piperazine rings is 1. The van der Waals surface area contributed by atoms with Gasteiger partial charge in [0.2, 0.25) is 0 Å². The monoisotopic (exact) mass is 248 g/mol. The van der Waals surface area contributed by atoms with E-state index in [0.717, 1.165) is 25.2 Å². The minimum Gasteiger partial charge on any atom is -0.389 e. The summed E-state index contributed by atoms with van der Waals surface area (Å²) in [6.07, 6.45) is -0.413. The maximum Gasteiger partial charge on any atom is 0.0781 e. The van der Waals surface area contributed by atoms with Gasteiger partial charge in [-0.3, -0.25) is 4.90 Å². The molecule has 2 rings (SSSR count). The minimum atomic E-state index is -0.413. The van der Waals surface area contributed by atoms with Crippen molar-refractivity contribution in [3.8, 4) is 0 Å². The topological polar surface area (TPSA) is 26.7 Å². The van der Waals surface area contributed by atoms with E-state index in [-0.39, 0.29) is 5.54 Å². The molecule has 1 N–H and O–H groups in total. The summed E-state index contributed by atoms with van der Waals surface area (Å²) in [6, 6.07) is 8.17. The number of aliphatic hydroxyl groups is 1. The average molecular weight is 248 g/mol. The molecule has 0 radical (unpaired) electrons. The predicted octanol–water partition coefficient (Wildman–Crippen LogP) is 2.27. The van der Waals surface area contributed by atoms with Crippen LogP contribution in [0.5, 0.6) is 0 Å². The van der Waals surface area contributed by atoms with Crippen LogP contribution >= 0.6 is 0 Å². The van der Waals surface area contributed by atoms with Gasteiger partial charge in [0.1, 0.15) is 0 Å². The smallest absolute Gasteiger partial charge is 0.0781 e. The predicted molar refractivity (Wildman–Crippen MR) is 76.0 cm³/mol. The second-order valence-electron chi connectivity index (χ2n) is 5.89. The first-order chi connectivity index (χ1) is 8.42. The third-order valence-corrected chi connectivity index (χ3v) is 4.04. The zero-order chi connectivity index (χ0) is 13.3. The molecule has 1 fully saturated rings. The zero-order valence-corrected chi connectivity index (χ0v) is 11.8. The summed E-state index contributed by atoms with van der Waals surface area (Å²) >= 11 is 0. The zero-order valence-electron chi connectivity index (χ0n) is 11.8. The fraction of sp³-hybridized carbons (Fsp3) is 0.600. The normalized spacial score (nSPS) is 21.9. The van der Waals surface area contributed by atoms with E-state index in [1.54, 1.807) is 0 Å². The number of hydrogen-bond donors (Lipinski definition) is 1. The van der Waals surface area contributed by atoms with Crippen molar-refractivity contribution in [3.05, 3.63) is 29.8 Å². The van der Waals surface area contributed by atoms with Gasteiger partial charge >= 0.3 is 0 Å². The van der Waals surface area contributed by atoms with Crippen LogP contribution in [-0.2, 0) is 0 Å². The highest BCUT2D eigenvalue weighted by Crippen LogP contribution is 2.30. The highest BCUT2D eigenvalue weighted by atomic mass is 16.3.